The standard InChI is InChI=1S/C16H30Cl/c1-2-3-4-5-6-7-8-9-10-11-12-13-14-15-16-17/h2,15-16H,3-14H2,1H3. The third-order valence-electron chi connectivity index (χ3n) is 3.20. The second-order valence-electron chi connectivity index (χ2n) is 4.88. The zero-order valence-corrected chi connectivity index (χ0v) is 12.4. The Labute approximate surface area is 114 Å². The van der Waals surface area contributed by atoms with E-state index in [0.29, 0.717) is 0 Å². The van der Waals surface area contributed by atoms with Gasteiger partial charge in [-0.25, -0.2) is 0 Å². The molecule has 101 valence electrons. The Hall–Kier alpha value is 0.0300. The molecule has 0 aromatic rings. The summed E-state index contributed by atoms with van der Waals surface area (Å²) in [7, 11) is 0. The first kappa shape index (κ1) is 17.0. The fourth-order valence-electron chi connectivity index (χ4n) is 2.09. The van der Waals surface area contributed by atoms with E-state index in [1.807, 2.05) is 0 Å². The van der Waals surface area contributed by atoms with Crippen molar-refractivity contribution in [1.82, 2.24) is 0 Å². The summed E-state index contributed by atoms with van der Waals surface area (Å²) in [6.45, 7) is 2.16. The second kappa shape index (κ2) is 16.0. The summed E-state index contributed by atoms with van der Waals surface area (Å²) in [5, 5.41) is 0. The van der Waals surface area contributed by atoms with E-state index in [0.717, 1.165) is 6.42 Å². The van der Waals surface area contributed by atoms with Gasteiger partial charge in [-0.15, -0.1) is 0 Å². The fourth-order valence-corrected chi connectivity index (χ4v) is 2.21. The van der Waals surface area contributed by atoms with Gasteiger partial charge in [-0.2, -0.15) is 0 Å². The Morgan fingerprint density at radius 1 is 0.647 bits per heavy atom. The van der Waals surface area contributed by atoms with E-state index in [1.54, 1.807) is 5.54 Å². The van der Waals surface area contributed by atoms with Crippen molar-refractivity contribution in [3.8, 4) is 0 Å². The molecule has 1 radical (unpaired) electrons. The number of rotatable bonds is 13. The van der Waals surface area contributed by atoms with Crippen molar-refractivity contribution in [2.75, 3.05) is 0 Å². The largest absolute Gasteiger partial charge is 0.0933 e. The van der Waals surface area contributed by atoms with Crippen LogP contribution in [0.5, 0.6) is 0 Å². The van der Waals surface area contributed by atoms with Gasteiger partial charge in [-0.3, -0.25) is 0 Å². The molecule has 0 aromatic carbocycles. The highest BCUT2D eigenvalue weighted by molar-refractivity contribution is 6.25. The molecule has 0 saturated carbocycles. The molecular weight excluding hydrogens is 228 g/mol. The fraction of sp³-hybridized carbons (Fsp3) is 0.812. The number of hydrogen-bond acceptors (Lipinski definition) is 0. The molecule has 0 amide bonds. The van der Waals surface area contributed by atoms with Gasteiger partial charge in [0.1, 0.15) is 0 Å². The summed E-state index contributed by atoms with van der Waals surface area (Å²) in [6, 6.07) is 0. The van der Waals surface area contributed by atoms with E-state index < -0.39 is 0 Å². The lowest BCUT2D eigenvalue weighted by Gasteiger charge is -2.02. The SMILES string of the molecule is C[CH]CCCCCCCCCCCCC=CCl. The van der Waals surface area contributed by atoms with Crippen molar-refractivity contribution in [2.45, 2.75) is 84.0 Å². The average molecular weight is 258 g/mol. The maximum Gasteiger partial charge on any atom is 0.000245 e. The molecule has 0 bridgehead atoms. The van der Waals surface area contributed by atoms with Crippen LogP contribution in [0.3, 0.4) is 0 Å². The van der Waals surface area contributed by atoms with Gasteiger partial charge in [0.25, 0.3) is 0 Å². The van der Waals surface area contributed by atoms with Crippen LogP contribution in [-0.2, 0) is 0 Å². The molecule has 0 rings (SSSR count). The first-order valence-electron chi connectivity index (χ1n) is 7.45. The second-order valence-corrected chi connectivity index (χ2v) is 5.13. The Bertz CT molecular complexity index is 152. The molecule has 0 aliphatic carbocycles. The van der Waals surface area contributed by atoms with Crippen molar-refractivity contribution in [3.63, 3.8) is 0 Å². The molecule has 0 N–H and O–H groups in total. The van der Waals surface area contributed by atoms with Gasteiger partial charge in [0.2, 0.25) is 0 Å². The topological polar surface area (TPSA) is 0 Å². The number of unbranched alkanes of at least 4 members (excludes halogenated alkanes) is 12. The summed E-state index contributed by atoms with van der Waals surface area (Å²) < 4.78 is 0. The van der Waals surface area contributed by atoms with E-state index >= 15 is 0 Å². The van der Waals surface area contributed by atoms with Gasteiger partial charge in [0.05, 0.1) is 0 Å². The first-order chi connectivity index (χ1) is 8.41. The number of hydrogen-bond donors (Lipinski definition) is 0. The molecule has 0 aliphatic rings. The molecule has 0 spiro atoms. The van der Waals surface area contributed by atoms with Crippen molar-refractivity contribution in [3.05, 3.63) is 18.0 Å². The van der Waals surface area contributed by atoms with Crippen LogP contribution in [0, 0.1) is 6.42 Å². The van der Waals surface area contributed by atoms with E-state index in [-0.39, 0.29) is 0 Å². The third-order valence-corrected chi connectivity index (χ3v) is 3.38. The zero-order chi connectivity index (χ0) is 12.6. The Morgan fingerprint density at radius 3 is 1.47 bits per heavy atom. The van der Waals surface area contributed by atoms with Crippen molar-refractivity contribution >= 4 is 11.6 Å². The highest BCUT2D eigenvalue weighted by atomic mass is 35.5. The Kier molecular flexibility index (Phi) is 16.1. The van der Waals surface area contributed by atoms with E-state index in [9.17, 15) is 0 Å². The van der Waals surface area contributed by atoms with Crippen LogP contribution in [0.15, 0.2) is 11.6 Å². The number of allylic oxidation sites excluding steroid dienone is 1. The van der Waals surface area contributed by atoms with Crippen LogP contribution in [0.2, 0.25) is 0 Å². The zero-order valence-electron chi connectivity index (χ0n) is 11.6. The van der Waals surface area contributed by atoms with Gasteiger partial charge >= 0.3 is 0 Å². The highest BCUT2D eigenvalue weighted by Crippen LogP contribution is 2.12. The minimum absolute atomic E-state index is 1.15. The molecule has 0 heterocycles. The lowest BCUT2D eigenvalue weighted by molar-refractivity contribution is 0.552. The summed E-state index contributed by atoms with van der Waals surface area (Å²) in [6.07, 6.45) is 20.9. The lowest BCUT2D eigenvalue weighted by atomic mass is 10.0. The molecule has 0 unspecified atom stereocenters. The van der Waals surface area contributed by atoms with E-state index in [4.69, 9.17) is 11.6 Å². The maximum absolute atomic E-state index is 5.46. The van der Waals surface area contributed by atoms with Crippen LogP contribution in [-0.4, -0.2) is 0 Å². The van der Waals surface area contributed by atoms with Gasteiger partial charge < -0.3 is 0 Å². The minimum Gasteiger partial charge on any atom is -0.0933 e. The normalized spacial score (nSPS) is 11.4. The van der Waals surface area contributed by atoms with Crippen LogP contribution in [0.25, 0.3) is 0 Å². The van der Waals surface area contributed by atoms with Crippen molar-refractivity contribution in [1.29, 1.82) is 0 Å². The molecule has 17 heavy (non-hydrogen) atoms. The van der Waals surface area contributed by atoms with Gasteiger partial charge in [0.15, 0.2) is 0 Å². The molecule has 0 aromatic heterocycles. The predicted molar refractivity (Wildman–Crippen MR) is 80.4 cm³/mol. The van der Waals surface area contributed by atoms with E-state index in [2.05, 4.69) is 19.4 Å². The first-order valence-corrected chi connectivity index (χ1v) is 7.88. The summed E-state index contributed by atoms with van der Waals surface area (Å²) >= 11 is 5.46. The molecule has 0 atom stereocenters. The third kappa shape index (κ3) is 16.0. The van der Waals surface area contributed by atoms with Crippen molar-refractivity contribution < 1.29 is 0 Å². The van der Waals surface area contributed by atoms with Crippen LogP contribution in [0.4, 0.5) is 0 Å². The van der Waals surface area contributed by atoms with E-state index in [1.165, 1.54) is 70.6 Å². The van der Waals surface area contributed by atoms with Crippen molar-refractivity contribution in [2.24, 2.45) is 0 Å². The van der Waals surface area contributed by atoms with Crippen LogP contribution < -0.4 is 0 Å². The Morgan fingerprint density at radius 2 is 1.06 bits per heavy atom. The highest BCUT2D eigenvalue weighted by Gasteiger charge is 1.92. The minimum atomic E-state index is 1.15. The predicted octanol–water partition coefficient (Wildman–Crippen LogP) is 6.64. The monoisotopic (exact) mass is 257 g/mol. The van der Waals surface area contributed by atoms with Gasteiger partial charge in [0, 0.05) is 5.54 Å². The summed E-state index contributed by atoms with van der Waals surface area (Å²) in [4.78, 5) is 0. The maximum atomic E-state index is 5.46. The lowest BCUT2D eigenvalue weighted by Crippen LogP contribution is -1.82. The summed E-state index contributed by atoms with van der Waals surface area (Å²) in [5.41, 5.74) is 1.64. The smallest absolute Gasteiger partial charge is 0.000245 e. The summed E-state index contributed by atoms with van der Waals surface area (Å²) in [5.74, 6) is 0. The molecule has 0 aliphatic heterocycles. The molecule has 0 fully saturated rings. The van der Waals surface area contributed by atoms with Gasteiger partial charge in [-0.05, 0) is 19.3 Å². The molecule has 1 heteroatoms. The average Bonchev–Trinajstić information content (AvgIpc) is 2.35. The molecule has 0 nitrogen and oxygen atoms in total. The van der Waals surface area contributed by atoms with Gasteiger partial charge in [-0.1, -0.05) is 88.8 Å². The Balaban J connectivity index is 2.89. The van der Waals surface area contributed by atoms with Crippen LogP contribution in [0.1, 0.15) is 84.0 Å². The molecular formula is C16H30Cl. The number of halogens is 1. The molecule has 0 saturated heterocycles. The van der Waals surface area contributed by atoms with Crippen LogP contribution >= 0.6 is 11.6 Å². The quantitative estimate of drug-likeness (QED) is 0.324.